The molecule has 1 heterocycles. The maximum atomic E-state index is 11.9. The summed E-state index contributed by atoms with van der Waals surface area (Å²) in [6.45, 7) is 3.15. The largest absolute Gasteiger partial charge is 0.336 e. The summed E-state index contributed by atoms with van der Waals surface area (Å²) in [6, 6.07) is 15.4. The predicted molar refractivity (Wildman–Crippen MR) is 90.4 cm³/mol. The van der Waals surface area contributed by atoms with Crippen molar-refractivity contribution in [1.82, 2.24) is 20.3 Å². The molecular weight excluding hydrogens is 290 g/mol. The summed E-state index contributed by atoms with van der Waals surface area (Å²) in [7, 11) is 0. The minimum atomic E-state index is -0.223. The quantitative estimate of drug-likeness (QED) is 0.761. The van der Waals surface area contributed by atoms with E-state index in [0.717, 1.165) is 23.1 Å². The second kappa shape index (κ2) is 6.91. The second-order valence-corrected chi connectivity index (χ2v) is 5.23. The fourth-order valence-electron chi connectivity index (χ4n) is 2.36. The Morgan fingerprint density at radius 1 is 1.13 bits per heavy atom. The van der Waals surface area contributed by atoms with E-state index in [1.807, 2.05) is 48.5 Å². The summed E-state index contributed by atoms with van der Waals surface area (Å²) in [4.78, 5) is 11.9. The lowest BCUT2D eigenvalue weighted by Gasteiger charge is -2.08. The lowest BCUT2D eigenvalue weighted by atomic mass is 10.1. The van der Waals surface area contributed by atoms with Crippen LogP contribution < -0.4 is 10.6 Å². The molecule has 6 nitrogen and oxygen atoms in total. The first-order valence-corrected chi connectivity index (χ1v) is 7.68. The van der Waals surface area contributed by atoms with Gasteiger partial charge in [-0.25, -0.2) is 9.48 Å². The third-order valence-electron chi connectivity index (χ3n) is 3.65. The Morgan fingerprint density at radius 2 is 1.91 bits per heavy atom. The standard InChI is InChI=1S/C17H19N5O/c1-2-13-7-9-14(10-8-13)19-17(23)18-11-12-22-16-6-4-3-5-15(16)20-21-22/h3-10H,2,11-12H2,1H3,(H2,18,19,23). The fraction of sp³-hybridized carbons (Fsp3) is 0.235. The van der Waals surface area contributed by atoms with Gasteiger partial charge in [0, 0.05) is 12.2 Å². The van der Waals surface area contributed by atoms with Crippen LogP contribution in [0.1, 0.15) is 12.5 Å². The van der Waals surface area contributed by atoms with Gasteiger partial charge in [0.25, 0.3) is 0 Å². The van der Waals surface area contributed by atoms with Gasteiger partial charge in [-0.2, -0.15) is 0 Å². The van der Waals surface area contributed by atoms with Gasteiger partial charge in [0.15, 0.2) is 0 Å². The fourth-order valence-corrected chi connectivity index (χ4v) is 2.36. The van der Waals surface area contributed by atoms with Crippen LogP contribution in [-0.4, -0.2) is 27.6 Å². The number of fused-ring (bicyclic) bond motifs is 1. The molecule has 0 aliphatic carbocycles. The number of benzene rings is 2. The van der Waals surface area contributed by atoms with Crippen LogP contribution in [0.25, 0.3) is 11.0 Å². The summed E-state index contributed by atoms with van der Waals surface area (Å²) in [5, 5.41) is 13.8. The van der Waals surface area contributed by atoms with E-state index in [2.05, 4.69) is 27.9 Å². The first-order valence-electron chi connectivity index (χ1n) is 7.68. The maximum absolute atomic E-state index is 11.9. The number of aromatic nitrogens is 3. The van der Waals surface area contributed by atoms with Crippen LogP contribution in [0.3, 0.4) is 0 Å². The van der Waals surface area contributed by atoms with E-state index in [0.29, 0.717) is 13.1 Å². The zero-order valence-corrected chi connectivity index (χ0v) is 13.0. The molecule has 0 saturated heterocycles. The van der Waals surface area contributed by atoms with Crippen LogP contribution in [0.2, 0.25) is 0 Å². The van der Waals surface area contributed by atoms with Gasteiger partial charge in [-0.05, 0) is 36.2 Å². The van der Waals surface area contributed by atoms with Crippen LogP contribution in [0.4, 0.5) is 10.5 Å². The highest BCUT2D eigenvalue weighted by Crippen LogP contribution is 2.10. The molecule has 2 aromatic carbocycles. The molecule has 3 rings (SSSR count). The molecule has 23 heavy (non-hydrogen) atoms. The lowest BCUT2D eigenvalue weighted by molar-refractivity contribution is 0.251. The molecule has 0 radical (unpaired) electrons. The van der Waals surface area contributed by atoms with Crippen LogP contribution in [0.15, 0.2) is 48.5 Å². The Labute approximate surface area is 134 Å². The van der Waals surface area contributed by atoms with Crippen LogP contribution >= 0.6 is 0 Å². The summed E-state index contributed by atoms with van der Waals surface area (Å²) >= 11 is 0. The smallest absolute Gasteiger partial charge is 0.319 e. The Kier molecular flexibility index (Phi) is 4.52. The first-order chi connectivity index (χ1) is 11.3. The number of nitrogens with zero attached hydrogens (tertiary/aromatic N) is 3. The molecular formula is C17H19N5O. The lowest BCUT2D eigenvalue weighted by Crippen LogP contribution is -2.31. The minimum Gasteiger partial charge on any atom is -0.336 e. The number of aryl methyl sites for hydroxylation is 1. The number of carbonyl (C=O) groups is 1. The molecule has 0 aliphatic rings. The molecule has 2 N–H and O–H groups in total. The highest BCUT2D eigenvalue weighted by molar-refractivity contribution is 5.89. The molecule has 118 valence electrons. The van der Waals surface area contributed by atoms with E-state index < -0.39 is 0 Å². The van der Waals surface area contributed by atoms with Crippen LogP contribution in [0, 0.1) is 0 Å². The highest BCUT2D eigenvalue weighted by atomic mass is 16.2. The summed E-state index contributed by atoms with van der Waals surface area (Å²) < 4.78 is 1.78. The minimum absolute atomic E-state index is 0.223. The van der Waals surface area contributed by atoms with Gasteiger partial charge in [-0.3, -0.25) is 0 Å². The number of para-hydroxylation sites is 1. The van der Waals surface area contributed by atoms with Gasteiger partial charge < -0.3 is 10.6 Å². The molecule has 6 heteroatoms. The van der Waals surface area contributed by atoms with E-state index in [1.165, 1.54) is 5.56 Å². The van der Waals surface area contributed by atoms with Crippen molar-refractivity contribution in [2.24, 2.45) is 0 Å². The van der Waals surface area contributed by atoms with Crippen molar-refractivity contribution in [3.8, 4) is 0 Å². The van der Waals surface area contributed by atoms with Crippen LogP contribution in [0.5, 0.6) is 0 Å². The Balaban J connectivity index is 1.51. The van der Waals surface area contributed by atoms with E-state index >= 15 is 0 Å². The van der Waals surface area contributed by atoms with Crippen molar-refractivity contribution in [2.75, 3.05) is 11.9 Å². The number of rotatable bonds is 5. The van der Waals surface area contributed by atoms with E-state index in [-0.39, 0.29) is 6.03 Å². The number of carbonyl (C=O) groups excluding carboxylic acids is 1. The molecule has 3 aromatic rings. The number of hydrogen-bond donors (Lipinski definition) is 2. The highest BCUT2D eigenvalue weighted by Gasteiger charge is 2.04. The maximum Gasteiger partial charge on any atom is 0.319 e. The Morgan fingerprint density at radius 3 is 2.70 bits per heavy atom. The Hall–Kier alpha value is -2.89. The van der Waals surface area contributed by atoms with E-state index in [4.69, 9.17) is 0 Å². The first kappa shape index (κ1) is 15.0. The topological polar surface area (TPSA) is 71.8 Å². The molecule has 2 amide bonds. The second-order valence-electron chi connectivity index (χ2n) is 5.23. The number of anilines is 1. The van der Waals surface area contributed by atoms with E-state index in [9.17, 15) is 4.79 Å². The molecule has 0 aliphatic heterocycles. The SMILES string of the molecule is CCc1ccc(NC(=O)NCCn2nnc3ccccc32)cc1. The van der Waals surface area contributed by atoms with Gasteiger partial charge in [0.2, 0.25) is 0 Å². The number of urea groups is 1. The average molecular weight is 309 g/mol. The van der Waals surface area contributed by atoms with Gasteiger partial charge >= 0.3 is 6.03 Å². The number of amides is 2. The van der Waals surface area contributed by atoms with Crippen molar-refractivity contribution in [2.45, 2.75) is 19.9 Å². The van der Waals surface area contributed by atoms with Crippen molar-refractivity contribution in [3.63, 3.8) is 0 Å². The Bertz CT molecular complexity index is 794. The number of hydrogen-bond acceptors (Lipinski definition) is 3. The van der Waals surface area contributed by atoms with Crippen LogP contribution in [-0.2, 0) is 13.0 Å². The monoisotopic (exact) mass is 309 g/mol. The van der Waals surface area contributed by atoms with E-state index in [1.54, 1.807) is 4.68 Å². The third-order valence-corrected chi connectivity index (χ3v) is 3.65. The average Bonchev–Trinajstić information content (AvgIpc) is 2.99. The summed E-state index contributed by atoms with van der Waals surface area (Å²) in [6.07, 6.45) is 0.984. The molecule has 0 unspecified atom stereocenters. The van der Waals surface area contributed by atoms with Gasteiger partial charge in [0.05, 0.1) is 12.1 Å². The van der Waals surface area contributed by atoms with Crippen molar-refractivity contribution in [1.29, 1.82) is 0 Å². The zero-order chi connectivity index (χ0) is 16.1. The van der Waals surface area contributed by atoms with Gasteiger partial charge in [-0.15, -0.1) is 5.10 Å². The van der Waals surface area contributed by atoms with Gasteiger partial charge in [0.1, 0.15) is 5.52 Å². The third kappa shape index (κ3) is 3.66. The zero-order valence-electron chi connectivity index (χ0n) is 13.0. The molecule has 1 aromatic heterocycles. The van der Waals surface area contributed by atoms with Crippen molar-refractivity contribution < 1.29 is 4.79 Å². The molecule has 0 saturated carbocycles. The summed E-state index contributed by atoms with van der Waals surface area (Å²) in [5.41, 5.74) is 3.85. The molecule has 0 spiro atoms. The number of nitrogens with one attached hydrogen (secondary N) is 2. The molecule has 0 atom stereocenters. The van der Waals surface area contributed by atoms with Crippen molar-refractivity contribution >= 4 is 22.8 Å². The molecule has 0 fully saturated rings. The normalized spacial score (nSPS) is 10.7. The van der Waals surface area contributed by atoms with Gasteiger partial charge in [-0.1, -0.05) is 36.4 Å². The summed E-state index contributed by atoms with van der Waals surface area (Å²) in [5.74, 6) is 0. The van der Waals surface area contributed by atoms with Crippen molar-refractivity contribution in [3.05, 3.63) is 54.1 Å². The molecule has 0 bridgehead atoms. The predicted octanol–water partition coefficient (Wildman–Crippen LogP) is 2.82.